The molecule has 0 bridgehead atoms. The number of unbranched alkanes of at least 4 members (excludes halogenated alkanes) is 9. The van der Waals surface area contributed by atoms with E-state index in [0.717, 1.165) is 31.4 Å². The fraction of sp³-hybridized carbons (Fsp3) is 0.640. The highest BCUT2D eigenvalue weighted by Gasteiger charge is 2.31. The molecule has 1 aliphatic rings. The van der Waals surface area contributed by atoms with E-state index in [1.54, 1.807) is 0 Å². The number of hydrogen-bond donors (Lipinski definition) is 2. The average Bonchev–Trinajstić information content (AvgIpc) is 3.45. The molecule has 1 fully saturated rings. The highest BCUT2D eigenvalue weighted by atomic mass is 35.5. The Labute approximate surface area is 199 Å². The SMILES string of the molecule is CCCCCCCCCCCCc1ccc(-c2noc([C@@H]3CCCN3C(=N)N)n2)cc1.Cl. The Kier molecular flexibility index (Phi) is 11.6. The zero-order chi connectivity index (χ0) is 21.9. The average molecular weight is 462 g/mol. The van der Waals surface area contributed by atoms with Crippen molar-refractivity contribution in [2.75, 3.05) is 6.54 Å². The largest absolute Gasteiger partial charge is 0.370 e. The molecule has 0 aliphatic carbocycles. The number of nitrogens with zero attached hydrogens (tertiary/aromatic N) is 3. The number of guanidine groups is 1. The fourth-order valence-electron chi connectivity index (χ4n) is 4.44. The summed E-state index contributed by atoms with van der Waals surface area (Å²) >= 11 is 0. The maximum atomic E-state index is 7.71. The second-order valence-corrected chi connectivity index (χ2v) is 8.82. The van der Waals surface area contributed by atoms with Crippen molar-refractivity contribution in [3.63, 3.8) is 0 Å². The number of hydrogen-bond acceptors (Lipinski definition) is 4. The molecule has 0 saturated carbocycles. The molecule has 0 spiro atoms. The van der Waals surface area contributed by atoms with Crippen LogP contribution >= 0.6 is 12.4 Å². The molecule has 1 aromatic heterocycles. The molecular weight excluding hydrogens is 422 g/mol. The monoisotopic (exact) mass is 461 g/mol. The summed E-state index contributed by atoms with van der Waals surface area (Å²) in [4.78, 5) is 6.41. The molecule has 1 atom stereocenters. The van der Waals surface area contributed by atoms with E-state index in [4.69, 9.17) is 15.7 Å². The van der Waals surface area contributed by atoms with Crippen LogP contribution in [0.3, 0.4) is 0 Å². The lowest BCUT2D eigenvalue weighted by atomic mass is 10.0. The van der Waals surface area contributed by atoms with Crippen molar-refractivity contribution in [2.24, 2.45) is 5.73 Å². The summed E-state index contributed by atoms with van der Waals surface area (Å²) in [5.74, 6) is 1.23. The third-order valence-electron chi connectivity index (χ3n) is 6.32. The van der Waals surface area contributed by atoms with Gasteiger partial charge in [-0.25, -0.2) is 0 Å². The summed E-state index contributed by atoms with van der Waals surface area (Å²) in [5.41, 5.74) is 8.01. The van der Waals surface area contributed by atoms with E-state index in [9.17, 15) is 0 Å². The van der Waals surface area contributed by atoms with Gasteiger partial charge in [0.1, 0.15) is 6.04 Å². The number of rotatable bonds is 13. The fourth-order valence-corrected chi connectivity index (χ4v) is 4.44. The topological polar surface area (TPSA) is 92.0 Å². The molecule has 6 nitrogen and oxygen atoms in total. The molecule has 0 unspecified atom stereocenters. The second-order valence-electron chi connectivity index (χ2n) is 8.82. The maximum Gasteiger partial charge on any atom is 0.249 e. The highest BCUT2D eigenvalue weighted by Crippen LogP contribution is 2.31. The first kappa shape index (κ1) is 26.2. The van der Waals surface area contributed by atoms with Crippen molar-refractivity contribution in [2.45, 2.75) is 96.4 Å². The number of aryl methyl sites for hydroxylation is 1. The number of likely N-dealkylation sites (tertiary alicyclic amines) is 1. The van der Waals surface area contributed by atoms with Gasteiger partial charge in [-0.15, -0.1) is 12.4 Å². The quantitative estimate of drug-likeness (QED) is 0.198. The molecule has 178 valence electrons. The lowest BCUT2D eigenvalue weighted by Gasteiger charge is -2.21. The zero-order valence-corrected chi connectivity index (χ0v) is 20.3. The Morgan fingerprint density at radius 3 is 2.28 bits per heavy atom. The molecule has 3 N–H and O–H groups in total. The smallest absolute Gasteiger partial charge is 0.249 e. The number of nitrogens with one attached hydrogen (secondary N) is 1. The first-order valence-electron chi connectivity index (χ1n) is 12.2. The van der Waals surface area contributed by atoms with Crippen LogP contribution in [0.1, 0.15) is 101 Å². The van der Waals surface area contributed by atoms with E-state index in [0.29, 0.717) is 11.7 Å². The molecule has 0 amide bonds. The Hall–Kier alpha value is -2.08. The number of aromatic nitrogens is 2. The third kappa shape index (κ3) is 7.80. The summed E-state index contributed by atoms with van der Waals surface area (Å²) in [6.45, 7) is 3.04. The van der Waals surface area contributed by atoms with Crippen LogP contribution in [0.15, 0.2) is 28.8 Å². The highest BCUT2D eigenvalue weighted by molar-refractivity contribution is 5.85. The van der Waals surface area contributed by atoms with Gasteiger partial charge in [-0.3, -0.25) is 5.41 Å². The van der Waals surface area contributed by atoms with Crippen molar-refractivity contribution in [1.82, 2.24) is 15.0 Å². The maximum absolute atomic E-state index is 7.71. The van der Waals surface area contributed by atoms with Crippen LogP contribution in [0, 0.1) is 5.41 Å². The van der Waals surface area contributed by atoms with Gasteiger partial charge in [-0.1, -0.05) is 94.1 Å². The molecule has 0 radical (unpaired) electrons. The minimum Gasteiger partial charge on any atom is -0.370 e. The van der Waals surface area contributed by atoms with Gasteiger partial charge in [-0.05, 0) is 31.2 Å². The van der Waals surface area contributed by atoms with Gasteiger partial charge in [0, 0.05) is 12.1 Å². The van der Waals surface area contributed by atoms with Gasteiger partial charge < -0.3 is 15.2 Å². The van der Waals surface area contributed by atoms with Crippen LogP contribution in [-0.2, 0) is 6.42 Å². The van der Waals surface area contributed by atoms with Gasteiger partial charge in [0.15, 0.2) is 5.96 Å². The van der Waals surface area contributed by atoms with E-state index in [1.807, 2.05) is 4.90 Å². The van der Waals surface area contributed by atoms with Crippen LogP contribution in [0.2, 0.25) is 0 Å². The molecule has 1 aromatic carbocycles. The summed E-state index contributed by atoms with van der Waals surface area (Å²) in [6, 6.07) is 8.44. The lowest BCUT2D eigenvalue weighted by molar-refractivity contribution is 0.283. The molecule has 2 aromatic rings. The van der Waals surface area contributed by atoms with Crippen molar-refractivity contribution < 1.29 is 4.52 Å². The second kappa shape index (κ2) is 14.1. The van der Waals surface area contributed by atoms with Gasteiger partial charge >= 0.3 is 0 Å². The van der Waals surface area contributed by atoms with Gasteiger partial charge in [0.2, 0.25) is 11.7 Å². The van der Waals surface area contributed by atoms with Crippen molar-refractivity contribution >= 4 is 18.4 Å². The lowest BCUT2D eigenvalue weighted by Crippen LogP contribution is -2.35. The van der Waals surface area contributed by atoms with Crippen LogP contribution < -0.4 is 5.73 Å². The van der Waals surface area contributed by atoms with E-state index < -0.39 is 0 Å². The van der Waals surface area contributed by atoms with Gasteiger partial charge in [-0.2, -0.15) is 4.98 Å². The molecule has 3 rings (SSSR count). The van der Waals surface area contributed by atoms with Gasteiger partial charge in [0.25, 0.3) is 0 Å². The predicted molar refractivity (Wildman–Crippen MR) is 133 cm³/mol. The molecule has 32 heavy (non-hydrogen) atoms. The van der Waals surface area contributed by atoms with E-state index in [1.165, 1.54) is 69.8 Å². The Morgan fingerprint density at radius 1 is 1.03 bits per heavy atom. The number of nitrogens with two attached hydrogens (primary N) is 1. The van der Waals surface area contributed by atoms with Crippen molar-refractivity contribution in [3.05, 3.63) is 35.7 Å². The van der Waals surface area contributed by atoms with E-state index in [-0.39, 0.29) is 24.4 Å². The predicted octanol–water partition coefficient (Wildman–Crippen LogP) is 6.65. The van der Waals surface area contributed by atoms with Crippen LogP contribution in [0.5, 0.6) is 0 Å². The van der Waals surface area contributed by atoms with Gasteiger partial charge in [0.05, 0.1) is 0 Å². The summed E-state index contributed by atoms with van der Waals surface area (Å²) in [6.07, 6.45) is 16.7. The standard InChI is InChI=1S/C25H39N5O.ClH/c1-2-3-4-5-6-7-8-9-10-11-13-20-15-17-21(18-16-20)23-28-24(31-29-23)22-14-12-19-30(22)25(26)27;/h15-18,22H,2-14,19H2,1H3,(H3,26,27);1H/t22-;/m0./s1. The van der Waals surface area contributed by atoms with Crippen molar-refractivity contribution in [1.29, 1.82) is 5.41 Å². The minimum atomic E-state index is -0.0747. The Balaban J connectivity index is 0.00000363. The first-order valence-corrected chi connectivity index (χ1v) is 12.2. The Morgan fingerprint density at radius 2 is 1.66 bits per heavy atom. The molecule has 2 heterocycles. The number of halogens is 1. The molecule has 1 aliphatic heterocycles. The summed E-state index contributed by atoms with van der Waals surface area (Å²) in [7, 11) is 0. The van der Waals surface area contributed by atoms with Crippen LogP contribution in [0.25, 0.3) is 11.4 Å². The van der Waals surface area contributed by atoms with E-state index in [2.05, 4.69) is 41.3 Å². The van der Waals surface area contributed by atoms with Crippen LogP contribution in [0.4, 0.5) is 0 Å². The summed E-state index contributed by atoms with van der Waals surface area (Å²) < 4.78 is 5.50. The summed E-state index contributed by atoms with van der Waals surface area (Å²) in [5, 5.41) is 11.9. The number of benzene rings is 1. The van der Waals surface area contributed by atoms with Crippen LogP contribution in [-0.4, -0.2) is 27.5 Å². The molecular formula is C25H40ClN5O. The first-order chi connectivity index (χ1) is 15.2. The third-order valence-corrected chi connectivity index (χ3v) is 6.32. The molecule has 1 saturated heterocycles. The zero-order valence-electron chi connectivity index (χ0n) is 19.5. The van der Waals surface area contributed by atoms with Crippen molar-refractivity contribution in [3.8, 4) is 11.4 Å². The Bertz CT molecular complexity index is 792. The molecule has 7 heteroatoms. The normalized spacial score (nSPS) is 15.7. The minimum absolute atomic E-state index is 0. The van der Waals surface area contributed by atoms with E-state index >= 15 is 0 Å².